The van der Waals surface area contributed by atoms with Crippen molar-refractivity contribution in [2.45, 2.75) is 44.6 Å². The van der Waals surface area contributed by atoms with Gasteiger partial charge in [-0.2, -0.15) is 0 Å². The van der Waals surface area contributed by atoms with Crippen molar-refractivity contribution in [2.24, 2.45) is 0 Å². The highest BCUT2D eigenvalue weighted by Crippen LogP contribution is 2.34. The summed E-state index contributed by atoms with van der Waals surface area (Å²) in [4.78, 5) is 13.7. The summed E-state index contributed by atoms with van der Waals surface area (Å²) in [5.41, 5.74) is 2.97. The van der Waals surface area contributed by atoms with Crippen LogP contribution in [0.2, 0.25) is 0 Å². The minimum Gasteiger partial charge on any atom is -0.496 e. The molecule has 2 atom stereocenters. The van der Waals surface area contributed by atoms with Gasteiger partial charge in [0.1, 0.15) is 17.2 Å². The van der Waals surface area contributed by atoms with Gasteiger partial charge in [0, 0.05) is 17.4 Å². The van der Waals surface area contributed by atoms with E-state index in [2.05, 4.69) is 12.1 Å². The average Bonchev–Trinajstić information content (AvgIpc) is 3.05. The standard InChI is InChI=1S/C35H39NO7/c1-39-33-11-6-4-9-28(33)24-41-18-7-19-42-29-14-12-26(13-15-29)32-17-16-30(22-36(32)35(37)38)43-23-25-20-27-8-3-5-10-31(27)34(21-25)40-2/h3-6,8-15,20-21,30,32H,7,16-19,22-24H2,1-2H3,(H,37,38). The molecule has 0 bridgehead atoms. The van der Waals surface area contributed by atoms with Crippen LogP contribution in [-0.2, 0) is 22.7 Å². The number of piperidine rings is 1. The Morgan fingerprint density at radius 2 is 1.63 bits per heavy atom. The number of methoxy groups -OCH3 is 2. The number of hydrogen-bond acceptors (Lipinski definition) is 6. The average molecular weight is 586 g/mol. The van der Waals surface area contributed by atoms with Crippen molar-refractivity contribution < 1.29 is 33.6 Å². The molecule has 1 heterocycles. The van der Waals surface area contributed by atoms with Gasteiger partial charge in [-0.3, -0.25) is 4.90 Å². The smallest absolute Gasteiger partial charge is 0.407 e. The molecule has 0 aromatic heterocycles. The Morgan fingerprint density at radius 1 is 0.860 bits per heavy atom. The van der Waals surface area contributed by atoms with E-state index in [1.165, 1.54) is 4.90 Å². The molecule has 0 saturated carbocycles. The van der Waals surface area contributed by atoms with Crippen molar-refractivity contribution >= 4 is 16.9 Å². The number of carboxylic acid groups (broad SMARTS) is 1. The molecule has 5 rings (SSSR count). The van der Waals surface area contributed by atoms with Crippen LogP contribution in [0.25, 0.3) is 10.8 Å². The second kappa shape index (κ2) is 14.8. The fourth-order valence-corrected chi connectivity index (χ4v) is 5.57. The zero-order valence-corrected chi connectivity index (χ0v) is 24.7. The third kappa shape index (κ3) is 7.77. The summed E-state index contributed by atoms with van der Waals surface area (Å²) in [5.74, 6) is 2.37. The molecule has 1 aliphatic heterocycles. The van der Waals surface area contributed by atoms with Crippen LogP contribution in [0.5, 0.6) is 17.2 Å². The third-order valence-corrected chi connectivity index (χ3v) is 7.79. The highest BCUT2D eigenvalue weighted by atomic mass is 16.5. The molecule has 1 amide bonds. The highest BCUT2D eigenvalue weighted by Gasteiger charge is 2.33. The van der Waals surface area contributed by atoms with Gasteiger partial charge in [-0.25, -0.2) is 4.79 Å². The Kier molecular flexibility index (Phi) is 10.4. The number of nitrogens with zero attached hydrogens (tertiary/aromatic N) is 1. The van der Waals surface area contributed by atoms with Crippen LogP contribution in [0, 0.1) is 0 Å². The van der Waals surface area contributed by atoms with Crippen molar-refractivity contribution in [3.05, 3.63) is 102 Å². The van der Waals surface area contributed by atoms with Crippen LogP contribution in [0.15, 0.2) is 84.9 Å². The Balaban J connectivity index is 1.09. The summed E-state index contributed by atoms with van der Waals surface area (Å²) >= 11 is 0. The van der Waals surface area contributed by atoms with Crippen molar-refractivity contribution in [3.63, 3.8) is 0 Å². The largest absolute Gasteiger partial charge is 0.496 e. The maximum atomic E-state index is 12.2. The van der Waals surface area contributed by atoms with Gasteiger partial charge >= 0.3 is 6.09 Å². The SMILES string of the molecule is COc1ccccc1COCCCOc1ccc(C2CCC(OCc3cc(OC)c4ccccc4c3)CN2C(=O)O)cc1. The first-order valence-corrected chi connectivity index (χ1v) is 14.6. The normalized spacial score (nSPS) is 16.7. The maximum absolute atomic E-state index is 12.2. The molecule has 0 aliphatic carbocycles. The molecule has 2 unspecified atom stereocenters. The molecule has 8 nitrogen and oxygen atoms in total. The Bertz CT molecular complexity index is 1490. The topological polar surface area (TPSA) is 86.7 Å². The monoisotopic (exact) mass is 585 g/mol. The molecular formula is C35H39NO7. The van der Waals surface area contributed by atoms with Crippen LogP contribution >= 0.6 is 0 Å². The number of ether oxygens (including phenoxy) is 5. The van der Waals surface area contributed by atoms with E-state index in [-0.39, 0.29) is 12.1 Å². The van der Waals surface area contributed by atoms with E-state index in [4.69, 9.17) is 23.7 Å². The van der Waals surface area contributed by atoms with Crippen LogP contribution < -0.4 is 14.2 Å². The zero-order chi connectivity index (χ0) is 30.0. The lowest BCUT2D eigenvalue weighted by Crippen LogP contribution is -2.44. The molecule has 4 aromatic rings. The van der Waals surface area contributed by atoms with E-state index >= 15 is 0 Å². The molecule has 1 aliphatic rings. The lowest BCUT2D eigenvalue weighted by Gasteiger charge is -2.38. The van der Waals surface area contributed by atoms with Gasteiger partial charge in [0.15, 0.2) is 0 Å². The number of rotatable bonds is 13. The van der Waals surface area contributed by atoms with Crippen LogP contribution in [0.1, 0.15) is 42.0 Å². The first-order chi connectivity index (χ1) is 21.1. The molecule has 226 valence electrons. The van der Waals surface area contributed by atoms with Crippen LogP contribution in [0.4, 0.5) is 4.79 Å². The second-order valence-electron chi connectivity index (χ2n) is 10.6. The van der Waals surface area contributed by atoms with Crippen LogP contribution in [0.3, 0.4) is 0 Å². The Hall–Kier alpha value is -4.27. The Morgan fingerprint density at radius 3 is 2.42 bits per heavy atom. The van der Waals surface area contributed by atoms with Crippen molar-refractivity contribution in [1.29, 1.82) is 0 Å². The fourth-order valence-electron chi connectivity index (χ4n) is 5.57. The van der Waals surface area contributed by atoms with Gasteiger partial charge in [0.25, 0.3) is 0 Å². The van der Waals surface area contributed by atoms with E-state index in [0.29, 0.717) is 39.4 Å². The molecule has 43 heavy (non-hydrogen) atoms. The molecule has 4 aromatic carbocycles. The summed E-state index contributed by atoms with van der Waals surface area (Å²) < 4.78 is 28.8. The fraction of sp³-hybridized carbons (Fsp3) is 0.343. The Labute approximate surface area is 252 Å². The predicted octanol–water partition coefficient (Wildman–Crippen LogP) is 7.24. The van der Waals surface area contributed by atoms with E-state index in [0.717, 1.165) is 57.6 Å². The first kappa shape index (κ1) is 30.2. The maximum Gasteiger partial charge on any atom is 0.407 e. The van der Waals surface area contributed by atoms with Gasteiger partial charge in [0.2, 0.25) is 0 Å². The lowest BCUT2D eigenvalue weighted by atomic mass is 9.94. The molecule has 0 spiro atoms. The number of fused-ring (bicyclic) bond motifs is 1. The van der Waals surface area contributed by atoms with Gasteiger partial charge in [-0.15, -0.1) is 0 Å². The van der Waals surface area contributed by atoms with E-state index in [1.807, 2.05) is 72.8 Å². The van der Waals surface area contributed by atoms with E-state index in [9.17, 15) is 9.90 Å². The molecule has 1 N–H and O–H groups in total. The van der Waals surface area contributed by atoms with Crippen molar-refractivity contribution in [3.8, 4) is 17.2 Å². The first-order valence-electron chi connectivity index (χ1n) is 14.6. The lowest BCUT2D eigenvalue weighted by molar-refractivity contribution is -0.0229. The van der Waals surface area contributed by atoms with Crippen LogP contribution in [-0.4, -0.2) is 56.2 Å². The molecule has 8 heteroatoms. The summed E-state index contributed by atoms with van der Waals surface area (Å²) in [6.07, 6.45) is 1.07. The molecular weight excluding hydrogens is 546 g/mol. The molecule has 0 radical (unpaired) electrons. The number of para-hydroxylation sites is 1. The van der Waals surface area contributed by atoms with E-state index in [1.54, 1.807) is 14.2 Å². The minimum absolute atomic E-state index is 0.183. The summed E-state index contributed by atoms with van der Waals surface area (Å²) in [7, 11) is 3.32. The zero-order valence-electron chi connectivity index (χ0n) is 24.7. The van der Waals surface area contributed by atoms with Gasteiger partial charge < -0.3 is 28.8 Å². The number of carbonyl (C=O) groups is 1. The quantitative estimate of drug-likeness (QED) is 0.166. The summed E-state index contributed by atoms with van der Waals surface area (Å²) in [6, 6.07) is 27.5. The predicted molar refractivity (Wildman–Crippen MR) is 165 cm³/mol. The summed E-state index contributed by atoms with van der Waals surface area (Å²) in [5, 5.41) is 12.2. The molecule has 1 saturated heterocycles. The van der Waals surface area contributed by atoms with Crippen molar-refractivity contribution in [2.75, 3.05) is 34.0 Å². The minimum atomic E-state index is -0.945. The number of amides is 1. The van der Waals surface area contributed by atoms with Crippen molar-refractivity contribution in [1.82, 2.24) is 4.90 Å². The number of hydrogen-bond donors (Lipinski definition) is 1. The number of benzene rings is 4. The highest BCUT2D eigenvalue weighted by molar-refractivity contribution is 5.89. The number of likely N-dealkylation sites (tertiary alicyclic amines) is 1. The second-order valence-corrected chi connectivity index (χ2v) is 10.6. The van der Waals surface area contributed by atoms with E-state index < -0.39 is 6.09 Å². The van der Waals surface area contributed by atoms with Gasteiger partial charge in [-0.05, 0) is 59.7 Å². The van der Waals surface area contributed by atoms with Gasteiger partial charge in [-0.1, -0.05) is 54.6 Å². The molecule has 1 fully saturated rings. The third-order valence-electron chi connectivity index (χ3n) is 7.79. The van der Waals surface area contributed by atoms with Gasteiger partial charge in [0.05, 0.1) is 59.3 Å². The summed E-state index contributed by atoms with van der Waals surface area (Å²) in [6.45, 7) is 2.30.